The molecule has 4 rings (SSSR count). The Morgan fingerprint density at radius 2 is 1.60 bits per heavy atom. The van der Waals surface area contributed by atoms with E-state index in [0.29, 0.717) is 0 Å². The Balaban J connectivity index is 1.74. The van der Waals surface area contributed by atoms with Crippen LogP contribution < -0.4 is 14.9 Å². The van der Waals surface area contributed by atoms with Crippen LogP contribution in [0.5, 0.6) is 17.2 Å². The van der Waals surface area contributed by atoms with Gasteiger partial charge in [-0.1, -0.05) is 30.3 Å². The minimum absolute atomic E-state index is 0.0326. The first-order valence-electron chi connectivity index (χ1n) is 10.7. The molecule has 9 heteroatoms. The van der Waals surface area contributed by atoms with Gasteiger partial charge in [0.1, 0.15) is 17.1 Å². The summed E-state index contributed by atoms with van der Waals surface area (Å²) in [5.41, 5.74) is -1.36. The van der Waals surface area contributed by atoms with Gasteiger partial charge in [0.15, 0.2) is 6.10 Å². The Morgan fingerprint density at radius 3 is 2.29 bits per heavy atom. The van der Waals surface area contributed by atoms with Crippen LogP contribution in [0.4, 0.5) is 13.2 Å². The Kier molecular flexibility index (Phi) is 6.43. The number of carbonyl (C=O) groups is 1. The van der Waals surface area contributed by atoms with Crippen LogP contribution in [0.3, 0.4) is 0 Å². The molecule has 0 aliphatic rings. The van der Waals surface area contributed by atoms with E-state index in [1.165, 1.54) is 31.2 Å². The lowest BCUT2D eigenvalue weighted by Gasteiger charge is -2.16. The SMILES string of the molecule is CC(C)OC(=O)[C@@H](C)Oc1ccc2c(=O)c(Oc3ccc4ccccc4c3)c(C(F)(F)F)oc2c1. The molecule has 0 saturated carbocycles. The van der Waals surface area contributed by atoms with E-state index >= 15 is 0 Å². The third kappa shape index (κ3) is 5.24. The number of halogens is 3. The van der Waals surface area contributed by atoms with Crippen LogP contribution in [0, 0.1) is 0 Å². The highest BCUT2D eigenvalue weighted by molar-refractivity contribution is 5.84. The van der Waals surface area contributed by atoms with Crippen molar-refractivity contribution in [1.29, 1.82) is 0 Å². The summed E-state index contributed by atoms with van der Waals surface area (Å²) >= 11 is 0. The topological polar surface area (TPSA) is 75.0 Å². The van der Waals surface area contributed by atoms with E-state index < -0.39 is 35.2 Å². The number of benzene rings is 3. The number of hydrogen-bond acceptors (Lipinski definition) is 6. The zero-order valence-corrected chi connectivity index (χ0v) is 19.0. The standard InChI is InChI=1S/C26H21F3O6/c1-14(2)32-25(31)15(3)33-19-10-11-20-21(13-19)35-24(26(27,28)29)23(22(20)30)34-18-9-8-16-6-4-5-7-17(16)12-18/h4-15H,1-3H3/t15-/m1/s1. The molecule has 0 bridgehead atoms. The van der Waals surface area contributed by atoms with Gasteiger partial charge in [-0.25, -0.2) is 4.79 Å². The van der Waals surface area contributed by atoms with Crippen molar-refractivity contribution in [2.24, 2.45) is 0 Å². The highest BCUT2D eigenvalue weighted by Crippen LogP contribution is 2.39. The highest BCUT2D eigenvalue weighted by Gasteiger charge is 2.40. The van der Waals surface area contributed by atoms with E-state index in [-0.39, 0.29) is 28.6 Å². The molecule has 1 aromatic heterocycles. The maximum absolute atomic E-state index is 13.8. The fourth-order valence-corrected chi connectivity index (χ4v) is 3.44. The molecular weight excluding hydrogens is 465 g/mol. The molecule has 0 amide bonds. The van der Waals surface area contributed by atoms with Crippen molar-refractivity contribution in [3.63, 3.8) is 0 Å². The van der Waals surface area contributed by atoms with Gasteiger partial charge in [-0.3, -0.25) is 4.79 Å². The van der Waals surface area contributed by atoms with Gasteiger partial charge in [0, 0.05) is 6.07 Å². The molecule has 0 spiro atoms. The number of rotatable bonds is 6. The van der Waals surface area contributed by atoms with Crippen LogP contribution in [-0.2, 0) is 15.7 Å². The van der Waals surface area contributed by atoms with Gasteiger partial charge >= 0.3 is 12.1 Å². The smallest absolute Gasteiger partial charge is 0.453 e. The molecule has 0 aliphatic carbocycles. The zero-order chi connectivity index (χ0) is 25.3. The summed E-state index contributed by atoms with van der Waals surface area (Å²) in [6.07, 6.45) is -6.40. The minimum Gasteiger partial charge on any atom is -0.479 e. The summed E-state index contributed by atoms with van der Waals surface area (Å²) in [6, 6.07) is 15.6. The maximum Gasteiger partial charge on any atom is 0.453 e. The molecule has 0 radical (unpaired) electrons. The van der Waals surface area contributed by atoms with E-state index in [2.05, 4.69) is 0 Å². The summed E-state index contributed by atoms with van der Waals surface area (Å²) in [5, 5.41) is 1.45. The molecule has 4 aromatic rings. The van der Waals surface area contributed by atoms with Crippen molar-refractivity contribution in [1.82, 2.24) is 0 Å². The molecule has 0 fully saturated rings. The van der Waals surface area contributed by atoms with Crippen LogP contribution in [0.2, 0.25) is 0 Å². The van der Waals surface area contributed by atoms with Crippen molar-refractivity contribution >= 4 is 27.7 Å². The van der Waals surface area contributed by atoms with Crippen molar-refractivity contribution in [3.05, 3.63) is 76.6 Å². The second kappa shape index (κ2) is 9.32. The van der Waals surface area contributed by atoms with E-state index in [0.717, 1.165) is 16.8 Å². The highest BCUT2D eigenvalue weighted by atomic mass is 19.4. The predicted molar refractivity (Wildman–Crippen MR) is 123 cm³/mol. The van der Waals surface area contributed by atoms with Gasteiger partial charge in [0.2, 0.25) is 11.2 Å². The fourth-order valence-electron chi connectivity index (χ4n) is 3.44. The monoisotopic (exact) mass is 486 g/mol. The third-order valence-corrected chi connectivity index (χ3v) is 5.02. The molecular formula is C26H21F3O6. The fraction of sp³-hybridized carbons (Fsp3) is 0.231. The zero-order valence-electron chi connectivity index (χ0n) is 19.0. The number of alkyl halides is 3. The second-order valence-electron chi connectivity index (χ2n) is 8.10. The third-order valence-electron chi connectivity index (χ3n) is 5.02. The first-order valence-corrected chi connectivity index (χ1v) is 10.7. The summed E-state index contributed by atoms with van der Waals surface area (Å²) < 4.78 is 62.6. The van der Waals surface area contributed by atoms with Crippen LogP contribution >= 0.6 is 0 Å². The molecule has 3 aromatic carbocycles. The number of ether oxygens (including phenoxy) is 3. The normalized spacial score (nSPS) is 12.7. The average molecular weight is 486 g/mol. The Morgan fingerprint density at radius 1 is 0.914 bits per heavy atom. The van der Waals surface area contributed by atoms with E-state index in [9.17, 15) is 22.8 Å². The van der Waals surface area contributed by atoms with E-state index in [1.54, 1.807) is 32.0 Å². The quantitative estimate of drug-likeness (QED) is 0.291. The van der Waals surface area contributed by atoms with Crippen molar-refractivity contribution in [2.75, 3.05) is 0 Å². The predicted octanol–water partition coefficient (Wildman–Crippen LogP) is 6.48. The number of hydrogen-bond donors (Lipinski definition) is 0. The van der Waals surface area contributed by atoms with Crippen LogP contribution in [0.1, 0.15) is 26.5 Å². The number of fused-ring (bicyclic) bond motifs is 2. The maximum atomic E-state index is 13.8. The first-order chi connectivity index (χ1) is 16.5. The van der Waals surface area contributed by atoms with Gasteiger partial charge in [0.05, 0.1) is 11.5 Å². The molecule has 182 valence electrons. The Labute approximate surface area is 197 Å². The van der Waals surface area contributed by atoms with E-state index in [4.69, 9.17) is 18.6 Å². The van der Waals surface area contributed by atoms with Crippen molar-refractivity contribution in [2.45, 2.75) is 39.2 Å². The van der Waals surface area contributed by atoms with Crippen molar-refractivity contribution in [3.8, 4) is 17.2 Å². The number of carbonyl (C=O) groups excluding carboxylic acids is 1. The van der Waals surface area contributed by atoms with Gasteiger partial charge in [-0.15, -0.1) is 0 Å². The molecule has 0 aliphatic heterocycles. The van der Waals surface area contributed by atoms with Crippen LogP contribution in [-0.4, -0.2) is 18.2 Å². The molecule has 6 nitrogen and oxygen atoms in total. The van der Waals surface area contributed by atoms with Gasteiger partial charge < -0.3 is 18.6 Å². The molecule has 1 atom stereocenters. The lowest BCUT2D eigenvalue weighted by Crippen LogP contribution is -2.28. The summed E-state index contributed by atoms with van der Waals surface area (Å²) in [4.78, 5) is 25.0. The molecule has 0 unspecified atom stereocenters. The minimum atomic E-state index is -5.01. The Hall–Kier alpha value is -4.01. The largest absolute Gasteiger partial charge is 0.479 e. The molecule has 1 heterocycles. The van der Waals surface area contributed by atoms with Gasteiger partial charge in [-0.2, -0.15) is 13.2 Å². The lowest BCUT2D eigenvalue weighted by molar-refractivity contribution is -0.155. The molecule has 0 N–H and O–H groups in total. The summed E-state index contributed by atoms with van der Waals surface area (Å²) in [6.45, 7) is 4.78. The Bertz CT molecular complexity index is 1460. The van der Waals surface area contributed by atoms with Crippen molar-refractivity contribution < 1.29 is 36.6 Å². The summed E-state index contributed by atoms with van der Waals surface area (Å²) in [7, 11) is 0. The second-order valence-corrected chi connectivity index (χ2v) is 8.10. The summed E-state index contributed by atoms with van der Waals surface area (Å²) in [5.74, 6) is -3.10. The molecule has 0 saturated heterocycles. The molecule has 35 heavy (non-hydrogen) atoms. The first kappa shape index (κ1) is 24.1. The van der Waals surface area contributed by atoms with Gasteiger partial charge in [0.25, 0.3) is 5.76 Å². The lowest BCUT2D eigenvalue weighted by atomic mass is 10.1. The average Bonchev–Trinajstić information content (AvgIpc) is 2.79. The van der Waals surface area contributed by atoms with Gasteiger partial charge in [-0.05, 0) is 55.8 Å². The van der Waals surface area contributed by atoms with Crippen LogP contribution in [0.25, 0.3) is 21.7 Å². The van der Waals surface area contributed by atoms with Crippen LogP contribution in [0.15, 0.2) is 69.9 Å². The number of esters is 1. The van der Waals surface area contributed by atoms with E-state index in [1.807, 2.05) is 12.1 Å².